The molecule has 1 amide bonds. The fraction of sp³-hybridized carbons (Fsp3) is 0.167. The first kappa shape index (κ1) is 14.9. The van der Waals surface area contributed by atoms with Gasteiger partial charge in [-0.25, -0.2) is 4.98 Å². The minimum atomic E-state index is -0.153. The molecule has 0 saturated carbocycles. The molecule has 0 aliphatic carbocycles. The average molecular weight is 339 g/mol. The van der Waals surface area contributed by atoms with E-state index in [1.165, 1.54) is 0 Å². The van der Waals surface area contributed by atoms with Crippen LogP contribution < -0.4 is 5.32 Å². The second kappa shape index (κ2) is 6.09. The SMILES string of the molecule is O=C1NC[C@H](c2ccc(Cl)cc2)Cc2[nH]c(-c3ccccn3)nc21. The van der Waals surface area contributed by atoms with Crippen LogP contribution in [0.4, 0.5) is 0 Å². The summed E-state index contributed by atoms with van der Waals surface area (Å²) in [6, 6.07) is 13.4. The smallest absolute Gasteiger partial charge is 0.271 e. The van der Waals surface area contributed by atoms with E-state index >= 15 is 0 Å². The van der Waals surface area contributed by atoms with E-state index in [9.17, 15) is 4.79 Å². The van der Waals surface area contributed by atoms with Crippen molar-refractivity contribution in [3.63, 3.8) is 0 Å². The van der Waals surface area contributed by atoms with Crippen LogP contribution in [0.5, 0.6) is 0 Å². The number of imidazole rings is 1. The number of H-pyrrole nitrogens is 1. The zero-order valence-electron chi connectivity index (χ0n) is 12.8. The van der Waals surface area contributed by atoms with Crippen molar-refractivity contribution in [2.24, 2.45) is 0 Å². The molecule has 1 aliphatic rings. The predicted molar refractivity (Wildman–Crippen MR) is 92.0 cm³/mol. The van der Waals surface area contributed by atoms with Crippen molar-refractivity contribution < 1.29 is 4.79 Å². The average Bonchev–Trinajstić information content (AvgIpc) is 2.97. The molecule has 24 heavy (non-hydrogen) atoms. The summed E-state index contributed by atoms with van der Waals surface area (Å²) in [4.78, 5) is 24.4. The number of hydrogen-bond acceptors (Lipinski definition) is 3. The van der Waals surface area contributed by atoms with Gasteiger partial charge in [-0.2, -0.15) is 0 Å². The van der Waals surface area contributed by atoms with Crippen molar-refractivity contribution in [3.8, 4) is 11.5 Å². The standard InChI is InChI=1S/C18H15ClN4O/c19-13-6-4-11(5-7-13)12-9-15-16(18(24)21-10-12)23-17(22-15)14-3-1-2-8-20-14/h1-8,12H,9-10H2,(H,21,24)(H,22,23)/t12-/m1/s1. The van der Waals surface area contributed by atoms with E-state index in [4.69, 9.17) is 11.6 Å². The third-order valence-corrected chi connectivity index (χ3v) is 4.45. The number of fused-ring (bicyclic) bond motifs is 1. The molecule has 4 rings (SSSR count). The van der Waals surface area contributed by atoms with Crippen LogP contribution in [0.25, 0.3) is 11.5 Å². The number of amides is 1. The van der Waals surface area contributed by atoms with Crippen molar-refractivity contribution in [2.75, 3.05) is 6.54 Å². The fourth-order valence-corrected chi connectivity index (χ4v) is 3.08. The first-order chi connectivity index (χ1) is 11.7. The van der Waals surface area contributed by atoms with Gasteiger partial charge in [-0.3, -0.25) is 9.78 Å². The molecule has 0 unspecified atom stereocenters. The lowest BCUT2D eigenvalue weighted by molar-refractivity contribution is 0.0950. The minimum Gasteiger partial charge on any atom is -0.350 e. The largest absolute Gasteiger partial charge is 0.350 e. The van der Waals surface area contributed by atoms with Gasteiger partial charge < -0.3 is 10.3 Å². The maximum atomic E-state index is 12.3. The van der Waals surface area contributed by atoms with Crippen molar-refractivity contribution in [3.05, 3.63) is 70.6 Å². The van der Waals surface area contributed by atoms with Crippen LogP contribution in [0.15, 0.2) is 48.7 Å². The second-order valence-corrected chi connectivity index (χ2v) is 6.23. The van der Waals surface area contributed by atoms with Crippen molar-refractivity contribution in [1.82, 2.24) is 20.3 Å². The van der Waals surface area contributed by atoms with E-state index < -0.39 is 0 Å². The Morgan fingerprint density at radius 2 is 1.96 bits per heavy atom. The number of benzene rings is 1. The van der Waals surface area contributed by atoms with E-state index in [-0.39, 0.29) is 11.8 Å². The molecule has 5 nitrogen and oxygen atoms in total. The van der Waals surface area contributed by atoms with Crippen LogP contribution in [0, 0.1) is 0 Å². The number of nitrogens with zero attached hydrogens (tertiary/aromatic N) is 2. The lowest BCUT2D eigenvalue weighted by atomic mass is 9.94. The van der Waals surface area contributed by atoms with Gasteiger partial charge in [0.25, 0.3) is 5.91 Å². The molecular weight excluding hydrogens is 324 g/mol. The van der Waals surface area contributed by atoms with Gasteiger partial charge in [0.2, 0.25) is 0 Å². The van der Waals surface area contributed by atoms with Crippen molar-refractivity contribution >= 4 is 17.5 Å². The van der Waals surface area contributed by atoms with Crippen LogP contribution in [-0.2, 0) is 6.42 Å². The molecule has 2 aromatic heterocycles. The van der Waals surface area contributed by atoms with Gasteiger partial charge in [-0.05, 0) is 36.2 Å². The summed E-state index contributed by atoms with van der Waals surface area (Å²) >= 11 is 5.97. The zero-order valence-corrected chi connectivity index (χ0v) is 13.5. The van der Waals surface area contributed by atoms with Crippen LogP contribution in [-0.4, -0.2) is 27.4 Å². The highest BCUT2D eigenvalue weighted by atomic mass is 35.5. The van der Waals surface area contributed by atoms with Gasteiger partial charge in [-0.1, -0.05) is 29.8 Å². The van der Waals surface area contributed by atoms with Gasteiger partial charge in [0.05, 0.1) is 0 Å². The van der Waals surface area contributed by atoms with Gasteiger partial charge in [0.15, 0.2) is 5.82 Å². The van der Waals surface area contributed by atoms with E-state index in [0.717, 1.165) is 17.0 Å². The molecule has 0 bridgehead atoms. The van der Waals surface area contributed by atoms with Crippen molar-refractivity contribution in [1.29, 1.82) is 0 Å². The summed E-state index contributed by atoms with van der Waals surface area (Å²) in [6.07, 6.45) is 2.41. The number of aromatic nitrogens is 3. The zero-order chi connectivity index (χ0) is 16.5. The fourth-order valence-electron chi connectivity index (χ4n) is 2.96. The summed E-state index contributed by atoms with van der Waals surface area (Å²) in [5.41, 5.74) is 3.15. The highest BCUT2D eigenvalue weighted by Gasteiger charge is 2.26. The Labute approximate surface area is 144 Å². The van der Waals surface area contributed by atoms with Crippen molar-refractivity contribution in [2.45, 2.75) is 12.3 Å². The number of carbonyl (C=O) groups excluding carboxylic acids is 1. The second-order valence-electron chi connectivity index (χ2n) is 5.79. The molecular formula is C18H15ClN4O. The van der Waals surface area contributed by atoms with Crippen LogP contribution >= 0.6 is 11.6 Å². The molecule has 3 heterocycles. The number of carbonyl (C=O) groups is 1. The molecule has 6 heteroatoms. The van der Waals surface area contributed by atoms with E-state index in [1.807, 2.05) is 42.5 Å². The minimum absolute atomic E-state index is 0.153. The summed E-state index contributed by atoms with van der Waals surface area (Å²) in [7, 11) is 0. The summed E-state index contributed by atoms with van der Waals surface area (Å²) in [6.45, 7) is 0.573. The van der Waals surface area contributed by atoms with Gasteiger partial charge in [0.1, 0.15) is 11.4 Å². The first-order valence-corrected chi connectivity index (χ1v) is 8.12. The van der Waals surface area contributed by atoms with Gasteiger partial charge in [0, 0.05) is 29.4 Å². The molecule has 1 aliphatic heterocycles. The highest BCUT2D eigenvalue weighted by Crippen LogP contribution is 2.27. The maximum Gasteiger partial charge on any atom is 0.271 e. The Hall–Kier alpha value is -2.66. The van der Waals surface area contributed by atoms with E-state index in [2.05, 4.69) is 20.3 Å². The van der Waals surface area contributed by atoms with Gasteiger partial charge in [-0.15, -0.1) is 0 Å². The number of aromatic amines is 1. The Bertz CT molecular complexity index is 874. The Balaban J connectivity index is 1.69. The maximum absolute atomic E-state index is 12.3. The molecule has 3 aromatic rings. The number of pyridine rings is 1. The molecule has 0 spiro atoms. The summed E-state index contributed by atoms with van der Waals surface area (Å²) in [5.74, 6) is 0.636. The normalized spacial score (nSPS) is 17.0. The predicted octanol–water partition coefficient (Wildman–Crippen LogP) is 3.19. The van der Waals surface area contributed by atoms with E-state index in [0.29, 0.717) is 29.5 Å². The first-order valence-electron chi connectivity index (χ1n) is 7.74. The number of hydrogen-bond donors (Lipinski definition) is 2. The molecule has 0 saturated heterocycles. The van der Waals surface area contributed by atoms with Crippen LogP contribution in [0.3, 0.4) is 0 Å². The quantitative estimate of drug-likeness (QED) is 0.753. The number of rotatable bonds is 2. The lowest BCUT2D eigenvalue weighted by Crippen LogP contribution is -2.26. The topological polar surface area (TPSA) is 70.7 Å². The highest BCUT2D eigenvalue weighted by molar-refractivity contribution is 6.30. The Kier molecular flexibility index (Phi) is 3.78. The van der Waals surface area contributed by atoms with E-state index in [1.54, 1.807) is 6.20 Å². The monoisotopic (exact) mass is 338 g/mol. The molecule has 1 atom stereocenters. The third-order valence-electron chi connectivity index (χ3n) is 4.20. The summed E-state index contributed by atoms with van der Waals surface area (Å²) in [5, 5.41) is 3.66. The Morgan fingerprint density at radius 3 is 2.71 bits per heavy atom. The number of nitrogens with one attached hydrogen (secondary N) is 2. The molecule has 0 fully saturated rings. The Morgan fingerprint density at radius 1 is 1.12 bits per heavy atom. The molecule has 0 radical (unpaired) electrons. The summed E-state index contributed by atoms with van der Waals surface area (Å²) < 4.78 is 0. The molecule has 2 N–H and O–H groups in total. The molecule has 120 valence electrons. The van der Waals surface area contributed by atoms with Crippen LogP contribution in [0.1, 0.15) is 27.7 Å². The lowest BCUT2D eigenvalue weighted by Gasteiger charge is -2.14. The van der Waals surface area contributed by atoms with Gasteiger partial charge >= 0.3 is 0 Å². The number of halogens is 1. The molecule has 1 aromatic carbocycles. The van der Waals surface area contributed by atoms with Crippen LogP contribution in [0.2, 0.25) is 5.02 Å². The third kappa shape index (κ3) is 2.78.